The highest BCUT2D eigenvalue weighted by Crippen LogP contribution is 2.32. The van der Waals surface area contributed by atoms with E-state index >= 15 is 0 Å². The smallest absolute Gasteiger partial charge is 0.410 e. The van der Waals surface area contributed by atoms with Gasteiger partial charge >= 0.3 is 6.09 Å². The fourth-order valence-electron chi connectivity index (χ4n) is 3.71. The van der Waals surface area contributed by atoms with Gasteiger partial charge in [-0.25, -0.2) is 4.79 Å². The maximum absolute atomic E-state index is 12.8. The van der Waals surface area contributed by atoms with E-state index < -0.39 is 5.60 Å². The van der Waals surface area contributed by atoms with Crippen LogP contribution in [0.1, 0.15) is 46.5 Å². The molecule has 8 nitrogen and oxygen atoms in total. The SMILES string of the molecule is CN=C(NCCN(C)CCOC)N1CCC(N(CC2CC2)C(=O)OC(C)(C)C)CC1.I. The second kappa shape index (κ2) is 13.7. The number of amides is 1. The lowest BCUT2D eigenvalue weighted by Crippen LogP contribution is -2.53. The van der Waals surface area contributed by atoms with Crippen molar-refractivity contribution in [1.82, 2.24) is 20.0 Å². The first-order valence-corrected chi connectivity index (χ1v) is 11.4. The number of hydrogen-bond donors (Lipinski definition) is 1. The molecule has 0 unspecified atom stereocenters. The summed E-state index contributed by atoms with van der Waals surface area (Å²) in [5, 5.41) is 3.47. The molecular weight excluding hydrogens is 509 g/mol. The predicted octanol–water partition coefficient (Wildman–Crippen LogP) is 2.87. The Labute approximate surface area is 206 Å². The van der Waals surface area contributed by atoms with E-state index in [0.717, 1.165) is 64.7 Å². The number of carbonyl (C=O) groups is 1. The van der Waals surface area contributed by atoms with Gasteiger partial charge in [0.2, 0.25) is 0 Å². The fraction of sp³-hybridized carbons (Fsp3) is 0.909. The molecule has 1 aliphatic carbocycles. The first-order valence-electron chi connectivity index (χ1n) is 11.4. The van der Waals surface area contributed by atoms with E-state index in [0.29, 0.717) is 5.92 Å². The topological polar surface area (TPSA) is 69.6 Å². The molecule has 1 aliphatic heterocycles. The quantitative estimate of drug-likeness (QED) is 0.269. The Kier molecular flexibility index (Phi) is 12.4. The third-order valence-corrected chi connectivity index (χ3v) is 5.65. The van der Waals surface area contributed by atoms with Crippen molar-refractivity contribution in [1.29, 1.82) is 0 Å². The average molecular weight is 554 g/mol. The minimum atomic E-state index is -0.456. The van der Waals surface area contributed by atoms with Gasteiger partial charge in [0.15, 0.2) is 5.96 Å². The third kappa shape index (κ3) is 10.6. The van der Waals surface area contributed by atoms with Gasteiger partial charge in [0.25, 0.3) is 0 Å². The highest BCUT2D eigenvalue weighted by molar-refractivity contribution is 14.0. The van der Waals surface area contributed by atoms with Gasteiger partial charge in [-0.15, -0.1) is 24.0 Å². The van der Waals surface area contributed by atoms with Gasteiger partial charge < -0.3 is 29.5 Å². The van der Waals surface area contributed by atoms with Crippen molar-refractivity contribution in [2.24, 2.45) is 10.9 Å². The van der Waals surface area contributed by atoms with Crippen LogP contribution in [0.25, 0.3) is 0 Å². The van der Waals surface area contributed by atoms with Gasteiger partial charge in [0, 0.05) is 59.5 Å². The monoisotopic (exact) mass is 553 g/mol. The van der Waals surface area contributed by atoms with Crippen LogP contribution in [0.15, 0.2) is 4.99 Å². The zero-order valence-corrected chi connectivity index (χ0v) is 22.7. The zero-order valence-electron chi connectivity index (χ0n) is 20.4. The lowest BCUT2D eigenvalue weighted by atomic mass is 10.0. The second-order valence-electron chi connectivity index (χ2n) is 9.56. The Balaban J connectivity index is 0.00000480. The van der Waals surface area contributed by atoms with Crippen LogP contribution < -0.4 is 5.32 Å². The molecular formula is C22H44IN5O3. The first kappa shape index (κ1) is 28.2. The van der Waals surface area contributed by atoms with Crippen LogP contribution in [0.2, 0.25) is 0 Å². The Morgan fingerprint density at radius 3 is 2.32 bits per heavy atom. The van der Waals surface area contributed by atoms with Crippen molar-refractivity contribution in [3.63, 3.8) is 0 Å². The minimum absolute atomic E-state index is 0. The van der Waals surface area contributed by atoms with Gasteiger partial charge in [-0.1, -0.05) is 0 Å². The molecule has 0 spiro atoms. The van der Waals surface area contributed by atoms with Crippen molar-refractivity contribution in [2.75, 3.05) is 67.1 Å². The van der Waals surface area contributed by atoms with Crippen LogP contribution >= 0.6 is 24.0 Å². The number of rotatable bonds is 9. The van der Waals surface area contributed by atoms with E-state index in [2.05, 4.69) is 27.2 Å². The molecule has 1 heterocycles. The summed E-state index contributed by atoms with van der Waals surface area (Å²) in [6.45, 7) is 11.9. The van der Waals surface area contributed by atoms with E-state index in [1.165, 1.54) is 12.8 Å². The van der Waals surface area contributed by atoms with Crippen molar-refractivity contribution in [3.8, 4) is 0 Å². The number of ether oxygens (including phenoxy) is 2. The molecule has 9 heteroatoms. The molecule has 2 aliphatic rings. The van der Waals surface area contributed by atoms with E-state index in [-0.39, 0.29) is 36.1 Å². The summed E-state index contributed by atoms with van der Waals surface area (Å²) in [7, 11) is 5.66. The summed E-state index contributed by atoms with van der Waals surface area (Å²) < 4.78 is 10.8. The van der Waals surface area contributed by atoms with E-state index in [4.69, 9.17) is 9.47 Å². The number of hydrogen-bond acceptors (Lipinski definition) is 5. The maximum Gasteiger partial charge on any atom is 0.410 e. The molecule has 0 atom stereocenters. The summed E-state index contributed by atoms with van der Waals surface area (Å²) in [6, 6.07) is 0.245. The van der Waals surface area contributed by atoms with Crippen LogP contribution in [-0.2, 0) is 9.47 Å². The second-order valence-corrected chi connectivity index (χ2v) is 9.56. The molecule has 182 valence electrons. The Hall–Kier alpha value is -0.810. The number of likely N-dealkylation sites (N-methyl/N-ethyl adjacent to an activating group) is 1. The largest absolute Gasteiger partial charge is 0.444 e. The number of halogens is 1. The van der Waals surface area contributed by atoms with Crippen molar-refractivity contribution < 1.29 is 14.3 Å². The van der Waals surface area contributed by atoms with Gasteiger partial charge in [-0.05, 0) is 59.4 Å². The normalized spacial score (nSPS) is 18.0. The number of aliphatic imine (C=N–C) groups is 1. The molecule has 0 aromatic rings. The molecule has 31 heavy (non-hydrogen) atoms. The Morgan fingerprint density at radius 1 is 1.16 bits per heavy atom. The summed E-state index contributed by atoms with van der Waals surface area (Å²) in [5.41, 5.74) is -0.456. The minimum Gasteiger partial charge on any atom is -0.444 e. The number of carbonyl (C=O) groups excluding carboxylic acids is 1. The molecule has 1 amide bonds. The maximum atomic E-state index is 12.8. The molecule has 0 aromatic heterocycles. The van der Waals surface area contributed by atoms with Gasteiger partial charge in [-0.2, -0.15) is 0 Å². The summed E-state index contributed by atoms with van der Waals surface area (Å²) >= 11 is 0. The molecule has 0 aromatic carbocycles. The van der Waals surface area contributed by atoms with Crippen LogP contribution in [0.4, 0.5) is 4.79 Å². The lowest BCUT2D eigenvalue weighted by molar-refractivity contribution is 0.00928. The number of methoxy groups -OCH3 is 1. The molecule has 2 rings (SSSR count). The highest BCUT2D eigenvalue weighted by Gasteiger charge is 2.35. The fourth-order valence-corrected chi connectivity index (χ4v) is 3.71. The zero-order chi connectivity index (χ0) is 22.1. The molecule has 1 saturated heterocycles. The van der Waals surface area contributed by atoms with Gasteiger partial charge in [-0.3, -0.25) is 4.99 Å². The number of nitrogens with one attached hydrogen (secondary N) is 1. The average Bonchev–Trinajstić information content (AvgIpc) is 3.51. The van der Waals surface area contributed by atoms with Gasteiger partial charge in [0.05, 0.1) is 6.61 Å². The summed E-state index contributed by atoms with van der Waals surface area (Å²) in [6.07, 6.45) is 4.19. The van der Waals surface area contributed by atoms with Crippen molar-refractivity contribution in [3.05, 3.63) is 0 Å². The van der Waals surface area contributed by atoms with Gasteiger partial charge in [0.1, 0.15) is 5.60 Å². The first-order chi connectivity index (χ1) is 14.2. The van der Waals surface area contributed by atoms with Crippen LogP contribution in [-0.4, -0.2) is 105 Å². The highest BCUT2D eigenvalue weighted by atomic mass is 127. The van der Waals surface area contributed by atoms with Crippen LogP contribution in [0, 0.1) is 5.92 Å². The number of likely N-dealkylation sites (tertiary alicyclic amines) is 1. The third-order valence-electron chi connectivity index (χ3n) is 5.65. The summed E-state index contributed by atoms with van der Waals surface area (Å²) in [4.78, 5) is 23.8. The Bertz CT molecular complexity index is 558. The Morgan fingerprint density at radius 2 is 1.81 bits per heavy atom. The molecule has 1 N–H and O–H groups in total. The van der Waals surface area contributed by atoms with Crippen molar-refractivity contribution >= 4 is 36.0 Å². The predicted molar refractivity (Wildman–Crippen MR) is 136 cm³/mol. The molecule has 0 radical (unpaired) electrons. The van der Waals surface area contributed by atoms with E-state index in [9.17, 15) is 4.79 Å². The van der Waals surface area contributed by atoms with E-state index in [1.54, 1.807) is 7.11 Å². The van der Waals surface area contributed by atoms with Crippen LogP contribution in [0.3, 0.4) is 0 Å². The van der Waals surface area contributed by atoms with Crippen LogP contribution in [0.5, 0.6) is 0 Å². The number of nitrogens with zero attached hydrogens (tertiary/aromatic N) is 4. The molecule has 2 fully saturated rings. The number of guanidine groups is 1. The molecule has 1 saturated carbocycles. The standard InChI is InChI=1S/C22H43N5O3.HI/c1-22(2,3)30-21(28)27(17-18-7-8-18)19-9-12-26(13-10-19)20(23-4)24-11-14-25(5)15-16-29-6;/h18-19H,7-17H2,1-6H3,(H,23,24);1H. The summed E-state index contributed by atoms with van der Waals surface area (Å²) in [5.74, 6) is 1.60. The van der Waals surface area contributed by atoms with Crippen molar-refractivity contribution in [2.45, 2.75) is 58.1 Å². The molecule has 0 bridgehead atoms. The lowest BCUT2D eigenvalue weighted by Gasteiger charge is -2.40. The number of piperidine rings is 1. The van der Waals surface area contributed by atoms with E-state index in [1.807, 2.05) is 32.7 Å².